The van der Waals surface area contributed by atoms with Crippen LogP contribution in [0.1, 0.15) is 30.1 Å². The number of nitrogens with one attached hydrogen (secondary N) is 3. The highest BCUT2D eigenvalue weighted by Crippen LogP contribution is 2.37. The summed E-state index contributed by atoms with van der Waals surface area (Å²) in [6.07, 6.45) is 3.44. The lowest BCUT2D eigenvalue weighted by Crippen LogP contribution is -2.53. The van der Waals surface area contributed by atoms with Crippen LogP contribution in [-0.2, 0) is 0 Å². The number of aromatic hydroxyl groups is 1. The van der Waals surface area contributed by atoms with E-state index in [9.17, 15) is 14.7 Å². The molecule has 0 atom stereocenters. The Morgan fingerprint density at radius 1 is 1.16 bits per heavy atom. The van der Waals surface area contributed by atoms with Crippen LogP contribution in [0.5, 0.6) is 5.88 Å². The Labute approximate surface area is 255 Å². The van der Waals surface area contributed by atoms with Crippen LogP contribution in [0.3, 0.4) is 0 Å². The summed E-state index contributed by atoms with van der Waals surface area (Å²) < 4.78 is 1.23. The number of thioether (sulfide) groups is 1. The molecule has 2 aromatic heterocycles. The fraction of sp³-hybridized carbons (Fsp3) is 0.241. The summed E-state index contributed by atoms with van der Waals surface area (Å²) in [5.41, 5.74) is 17.8. The third-order valence-corrected chi connectivity index (χ3v) is 9.46. The van der Waals surface area contributed by atoms with Crippen LogP contribution < -0.4 is 33.2 Å². The Morgan fingerprint density at radius 3 is 2.67 bits per heavy atom. The standard InChI is InChI=1S/C29H30ClN9O3S/c1-29(15-31)10-13-38(14-11-29)28-34-22(32)26(36-37-28)43-19-8-4-7-18(21(19)30)33-24(40)20-25(41)35-23-17-6-3-2-5-16(17)9-12-39(23)27(20)42/h2-9,12,36,41H,10-11,13-15,31-32H2,1H3,(H,33,40)(H,34,37). The van der Waals surface area contributed by atoms with Crippen molar-refractivity contribution in [1.82, 2.24) is 25.1 Å². The highest BCUT2D eigenvalue weighted by molar-refractivity contribution is 8.03. The van der Waals surface area contributed by atoms with Crippen molar-refractivity contribution in [2.24, 2.45) is 21.9 Å². The molecule has 43 heavy (non-hydrogen) atoms. The van der Waals surface area contributed by atoms with Gasteiger partial charge in [0.15, 0.2) is 17.0 Å². The molecule has 12 nitrogen and oxygen atoms in total. The number of amides is 1. The van der Waals surface area contributed by atoms with E-state index >= 15 is 0 Å². The van der Waals surface area contributed by atoms with E-state index in [-0.39, 0.29) is 27.6 Å². The molecule has 1 fully saturated rings. The largest absolute Gasteiger partial charge is 0.493 e. The maximum atomic E-state index is 13.3. The van der Waals surface area contributed by atoms with Gasteiger partial charge in [-0.3, -0.25) is 24.8 Å². The smallest absolute Gasteiger partial charge is 0.274 e. The molecule has 0 saturated carbocycles. The van der Waals surface area contributed by atoms with Gasteiger partial charge in [0.2, 0.25) is 11.8 Å². The van der Waals surface area contributed by atoms with Crippen LogP contribution in [0.15, 0.2) is 80.3 Å². The van der Waals surface area contributed by atoms with Crippen LogP contribution in [0, 0.1) is 5.41 Å². The van der Waals surface area contributed by atoms with E-state index in [1.165, 1.54) is 22.4 Å². The number of piperidine rings is 1. The summed E-state index contributed by atoms with van der Waals surface area (Å²) in [5, 5.41) is 15.5. The second-order valence-electron chi connectivity index (χ2n) is 10.8. The molecule has 0 bridgehead atoms. The number of likely N-dealkylation sites (tertiary alicyclic amines) is 1. The number of pyridine rings is 1. The van der Waals surface area contributed by atoms with Crippen LogP contribution >= 0.6 is 23.4 Å². The van der Waals surface area contributed by atoms with Gasteiger partial charge in [0.1, 0.15) is 5.03 Å². The lowest BCUT2D eigenvalue weighted by Gasteiger charge is -2.40. The second-order valence-corrected chi connectivity index (χ2v) is 12.2. The van der Waals surface area contributed by atoms with Gasteiger partial charge < -0.3 is 26.8 Å². The van der Waals surface area contributed by atoms with Gasteiger partial charge >= 0.3 is 0 Å². The highest BCUT2D eigenvalue weighted by atomic mass is 35.5. The third kappa shape index (κ3) is 5.42. The quantitative estimate of drug-likeness (QED) is 0.182. The number of aromatic nitrogens is 2. The monoisotopic (exact) mass is 619 g/mol. The number of aliphatic imine (C=N–C) groups is 1. The first kappa shape index (κ1) is 28.6. The topological polar surface area (TPSA) is 175 Å². The summed E-state index contributed by atoms with van der Waals surface area (Å²) in [6.45, 7) is 4.47. The molecule has 6 rings (SSSR count). The average Bonchev–Trinajstić information content (AvgIpc) is 3.00. The summed E-state index contributed by atoms with van der Waals surface area (Å²) in [7, 11) is 0. The van der Waals surface area contributed by atoms with Crippen LogP contribution in [0.25, 0.3) is 16.4 Å². The van der Waals surface area contributed by atoms with Crippen molar-refractivity contribution in [2.45, 2.75) is 24.7 Å². The molecule has 8 N–H and O–H groups in total. The molecule has 2 aliphatic heterocycles. The number of nitrogens with zero attached hydrogens (tertiary/aromatic N) is 4. The molecule has 1 saturated heterocycles. The number of carbonyl (C=O) groups excluding carboxylic acids is 1. The Morgan fingerprint density at radius 2 is 1.93 bits per heavy atom. The Bertz CT molecular complexity index is 1880. The number of anilines is 1. The normalized spacial score (nSPS) is 16.5. The molecule has 0 unspecified atom stereocenters. The highest BCUT2D eigenvalue weighted by Gasteiger charge is 2.31. The van der Waals surface area contributed by atoms with Gasteiger partial charge in [0, 0.05) is 29.6 Å². The molecule has 2 aromatic carbocycles. The number of fused-ring (bicyclic) bond motifs is 3. The molecule has 4 aromatic rings. The van der Waals surface area contributed by atoms with Crippen molar-refractivity contribution < 1.29 is 9.90 Å². The van der Waals surface area contributed by atoms with Gasteiger partial charge in [-0.05, 0) is 48.4 Å². The van der Waals surface area contributed by atoms with Crippen molar-refractivity contribution in [3.63, 3.8) is 0 Å². The van der Waals surface area contributed by atoms with Gasteiger partial charge in [-0.15, -0.1) is 0 Å². The molecule has 14 heteroatoms. The lowest BCUT2D eigenvalue weighted by atomic mass is 9.81. The molecular weight excluding hydrogens is 590 g/mol. The summed E-state index contributed by atoms with van der Waals surface area (Å²) in [6, 6.07) is 14.1. The minimum absolute atomic E-state index is 0.130. The van der Waals surface area contributed by atoms with Gasteiger partial charge in [0.05, 0.1) is 10.7 Å². The zero-order valence-electron chi connectivity index (χ0n) is 23.2. The average molecular weight is 620 g/mol. The van der Waals surface area contributed by atoms with Crippen LogP contribution in [-0.4, -0.2) is 50.9 Å². The fourth-order valence-corrected chi connectivity index (χ4v) is 6.20. The summed E-state index contributed by atoms with van der Waals surface area (Å²) in [5.74, 6) is -0.606. The van der Waals surface area contributed by atoms with E-state index in [2.05, 4.69) is 38.0 Å². The minimum Gasteiger partial charge on any atom is -0.493 e. The number of benzene rings is 2. The SMILES string of the molecule is CC1(CN)CCN(C2=NC(N)=C(Sc3cccc(NC(=O)c4c(O)nc5c6ccccc6ccn5c4=O)c3Cl)NN2)CC1. The number of guanidine groups is 1. The van der Waals surface area contributed by atoms with Gasteiger partial charge in [-0.25, -0.2) is 0 Å². The Balaban J connectivity index is 1.22. The first-order valence-corrected chi connectivity index (χ1v) is 14.8. The number of nitrogens with two attached hydrogens (primary N) is 2. The fourth-order valence-electron chi connectivity index (χ4n) is 5.09. The number of carbonyl (C=O) groups is 1. The predicted molar refractivity (Wildman–Crippen MR) is 169 cm³/mol. The molecule has 0 spiro atoms. The first-order chi connectivity index (χ1) is 20.7. The predicted octanol–water partition coefficient (Wildman–Crippen LogP) is 3.16. The van der Waals surface area contributed by atoms with Gasteiger partial charge in [0.25, 0.3) is 11.5 Å². The second kappa shape index (κ2) is 11.3. The van der Waals surface area contributed by atoms with Crippen molar-refractivity contribution in [3.8, 4) is 5.88 Å². The molecule has 1 amide bonds. The number of rotatable bonds is 5. The molecular formula is C29H30ClN9O3S. The lowest BCUT2D eigenvalue weighted by molar-refractivity contribution is 0.102. The Kier molecular flexibility index (Phi) is 7.54. The summed E-state index contributed by atoms with van der Waals surface area (Å²) in [4.78, 5) is 37.9. The molecule has 0 aliphatic carbocycles. The van der Waals surface area contributed by atoms with Crippen LogP contribution in [0.4, 0.5) is 5.69 Å². The van der Waals surface area contributed by atoms with E-state index in [0.29, 0.717) is 27.8 Å². The van der Waals surface area contributed by atoms with E-state index in [1.54, 1.807) is 36.4 Å². The summed E-state index contributed by atoms with van der Waals surface area (Å²) >= 11 is 7.90. The van der Waals surface area contributed by atoms with E-state index < -0.39 is 22.9 Å². The maximum Gasteiger partial charge on any atom is 0.274 e. The zero-order valence-corrected chi connectivity index (χ0v) is 24.8. The van der Waals surface area contributed by atoms with Crippen molar-refractivity contribution in [1.29, 1.82) is 0 Å². The van der Waals surface area contributed by atoms with E-state index in [4.69, 9.17) is 23.1 Å². The van der Waals surface area contributed by atoms with Crippen molar-refractivity contribution >= 4 is 57.3 Å². The van der Waals surface area contributed by atoms with Crippen molar-refractivity contribution in [3.05, 3.63) is 86.5 Å². The van der Waals surface area contributed by atoms with E-state index in [1.807, 2.05) is 12.1 Å². The number of hydrazine groups is 1. The van der Waals surface area contributed by atoms with Crippen LogP contribution in [0.2, 0.25) is 5.02 Å². The molecule has 4 heterocycles. The third-order valence-electron chi connectivity index (χ3n) is 7.86. The van der Waals surface area contributed by atoms with Crippen molar-refractivity contribution in [2.75, 3.05) is 25.0 Å². The number of hydrogen-bond acceptors (Lipinski definition) is 11. The first-order valence-electron chi connectivity index (χ1n) is 13.6. The number of hydrogen-bond donors (Lipinski definition) is 6. The minimum atomic E-state index is -0.848. The number of halogens is 1. The molecule has 222 valence electrons. The Hall–Kier alpha value is -4.46. The van der Waals surface area contributed by atoms with E-state index in [0.717, 1.165) is 31.3 Å². The zero-order chi connectivity index (χ0) is 30.3. The van der Waals surface area contributed by atoms with Gasteiger partial charge in [-0.1, -0.05) is 60.6 Å². The maximum absolute atomic E-state index is 13.3. The molecule has 2 aliphatic rings. The molecule has 0 radical (unpaired) electrons. The van der Waals surface area contributed by atoms with Gasteiger partial charge in [-0.2, -0.15) is 9.98 Å².